The van der Waals surface area contributed by atoms with E-state index in [1.54, 1.807) is 30.3 Å². The summed E-state index contributed by atoms with van der Waals surface area (Å²) in [6.07, 6.45) is -2.97. The summed E-state index contributed by atoms with van der Waals surface area (Å²) in [5, 5.41) is 1.30. The zero-order valence-corrected chi connectivity index (χ0v) is 9.67. The maximum Gasteiger partial charge on any atom is 0.300 e. The third-order valence-electron chi connectivity index (χ3n) is 2.33. The topological polar surface area (TPSA) is 17.1 Å². The Morgan fingerprint density at radius 1 is 1.06 bits per heavy atom. The summed E-state index contributed by atoms with van der Waals surface area (Å²) in [4.78, 5) is 11.3. The first-order chi connectivity index (χ1) is 7.61. The van der Waals surface area contributed by atoms with Crippen LogP contribution in [0.5, 0.6) is 0 Å². The van der Waals surface area contributed by atoms with Crippen molar-refractivity contribution in [2.75, 3.05) is 0 Å². The van der Waals surface area contributed by atoms with Gasteiger partial charge in [0, 0.05) is 10.0 Å². The van der Waals surface area contributed by atoms with Crippen LogP contribution in [0.4, 0.5) is 8.78 Å². The van der Waals surface area contributed by atoms with Gasteiger partial charge in [0.2, 0.25) is 5.78 Å². The van der Waals surface area contributed by atoms with Crippen molar-refractivity contribution in [3.63, 3.8) is 0 Å². The van der Waals surface area contributed by atoms with E-state index in [1.165, 1.54) is 6.07 Å². The molecule has 0 spiro atoms. The molecule has 0 heterocycles. The average Bonchev–Trinajstić information content (AvgIpc) is 2.28. The van der Waals surface area contributed by atoms with Crippen molar-refractivity contribution in [1.29, 1.82) is 0 Å². The fraction of sp³-hybridized carbons (Fsp3) is 0.0833. The van der Waals surface area contributed by atoms with E-state index >= 15 is 0 Å². The maximum absolute atomic E-state index is 12.4. The molecule has 2 aromatic carbocycles. The van der Waals surface area contributed by atoms with Crippen molar-refractivity contribution in [1.82, 2.24) is 0 Å². The van der Waals surface area contributed by atoms with E-state index in [0.29, 0.717) is 5.39 Å². The monoisotopic (exact) mass is 284 g/mol. The highest BCUT2D eigenvalue weighted by molar-refractivity contribution is 9.10. The zero-order valence-electron chi connectivity index (χ0n) is 8.08. The van der Waals surface area contributed by atoms with Crippen LogP contribution in [-0.2, 0) is 0 Å². The number of benzene rings is 2. The summed E-state index contributed by atoms with van der Waals surface area (Å²) >= 11 is 3.32. The largest absolute Gasteiger partial charge is 0.300 e. The fourth-order valence-corrected chi connectivity index (χ4v) is 2.10. The van der Waals surface area contributed by atoms with E-state index in [-0.39, 0.29) is 5.56 Å². The molecule has 0 saturated carbocycles. The number of halogens is 3. The first-order valence-corrected chi connectivity index (χ1v) is 5.40. The molecule has 2 aromatic rings. The van der Waals surface area contributed by atoms with Gasteiger partial charge in [-0.05, 0) is 16.8 Å². The third kappa shape index (κ3) is 1.85. The molecule has 0 N–H and O–H groups in total. The minimum Gasteiger partial charge on any atom is -0.288 e. The van der Waals surface area contributed by atoms with Crippen LogP contribution in [0, 0.1) is 0 Å². The number of carbonyl (C=O) groups excluding carboxylic acids is 1. The summed E-state index contributed by atoms with van der Waals surface area (Å²) < 4.78 is 25.5. The van der Waals surface area contributed by atoms with Gasteiger partial charge < -0.3 is 0 Å². The van der Waals surface area contributed by atoms with Crippen molar-refractivity contribution in [2.24, 2.45) is 0 Å². The lowest BCUT2D eigenvalue weighted by atomic mass is 10.0. The number of Topliss-reactive ketones (excluding diaryl/α,β-unsaturated/α-hetero) is 1. The number of carbonyl (C=O) groups is 1. The van der Waals surface area contributed by atoms with Gasteiger partial charge in [0.15, 0.2) is 0 Å². The molecule has 0 amide bonds. The Morgan fingerprint density at radius 2 is 1.69 bits per heavy atom. The highest BCUT2D eigenvalue weighted by Crippen LogP contribution is 2.27. The zero-order chi connectivity index (χ0) is 11.7. The van der Waals surface area contributed by atoms with Crippen molar-refractivity contribution in [3.05, 3.63) is 46.4 Å². The van der Waals surface area contributed by atoms with Gasteiger partial charge in [-0.2, -0.15) is 0 Å². The molecular formula is C12H7BrF2O. The second-order valence-electron chi connectivity index (χ2n) is 3.31. The minimum atomic E-state index is -2.97. The smallest absolute Gasteiger partial charge is 0.288 e. The van der Waals surface area contributed by atoms with Crippen LogP contribution in [0.1, 0.15) is 10.4 Å². The molecule has 0 saturated heterocycles. The van der Waals surface area contributed by atoms with Gasteiger partial charge in [-0.3, -0.25) is 4.79 Å². The summed E-state index contributed by atoms with van der Waals surface area (Å²) in [5.74, 6) is -1.14. The molecule has 0 radical (unpaired) electrons. The van der Waals surface area contributed by atoms with Crippen molar-refractivity contribution in [3.8, 4) is 0 Å². The molecule has 0 aliphatic rings. The van der Waals surface area contributed by atoms with Crippen molar-refractivity contribution >= 4 is 32.5 Å². The summed E-state index contributed by atoms with van der Waals surface area (Å²) in [6, 6.07) is 9.98. The van der Waals surface area contributed by atoms with Gasteiger partial charge in [0.1, 0.15) is 0 Å². The van der Waals surface area contributed by atoms with E-state index in [9.17, 15) is 13.6 Å². The molecule has 0 aliphatic carbocycles. The first kappa shape index (κ1) is 11.2. The second-order valence-corrected chi connectivity index (χ2v) is 4.16. The Hall–Kier alpha value is -1.29. The fourth-order valence-electron chi connectivity index (χ4n) is 1.60. The highest BCUT2D eigenvalue weighted by Gasteiger charge is 2.19. The van der Waals surface area contributed by atoms with Crippen LogP contribution >= 0.6 is 15.9 Å². The van der Waals surface area contributed by atoms with Crippen LogP contribution in [-0.4, -0.2) is 12.2 Å². The number of hydrogen-bond acceptors (Lipinski definition) is 1. The van der Waals surface area contributed by atoms with Crippen LogP contribution in [0.2, 0.25) is 0 Å². The van der Waals surface area contributed by atoms with E-state index in [0.717, 1.165) is 9.86 Å². The van der Waals surface area contributed by atoms with E-state index < -0.39 is 12.2 Å². The normalized spacial score (nSPS) is 11.0. The molecule has 82 valence electrons. The SMILES string of the molecule is O=C(c1cccc2c(Br)cccc12)C(F)F. The summed E-state index contributed by atoms with van der Waals surface area (Å²) in [7, 11) is 0. The Labute approximate surface area is 99.2 Å². The van der Waals surface area contributed by atoms with Crippen molar-refractivity contribution in [2.45, 2.75) is 6.43 Å². The quantitative estimate of drug-likeness (QED) is 0.761. The van der Waals surface area contributed by atoms with Gasteiger partial charge in [0.25, 0.3) is 0 Å². The number of rotatable bonds is 2. The van der Waals surface area contributed by atoms with Gasteiger partial charge in [-0.1, -0.05) is 46.3 Å². The lowest BCUT2D eigenvalue weighted by Gasteiger charge is -2.06. The highest BCUT2D eigenvalue weighted by atomic mass is 79.9. The van der Waals surface area contributed by atoms with Crippen LogP contribution in [0.15, 0.2) is 40.9 Å². The standard InChI is InChI=1S/C12H7BrF2O/c13-10-6-2-3-7-8(10)4-1-5-9(7)11(16)12(14)15/h1-6,12H. The Bertz CT molecular complexity index is 552. The minimum absolute atomic E-state index is 0.0637. The van der Waals surface area contributed by atoms with Crippen LogP contribution < -0.4 is 0 Å². The number of alkyl halides is 2. The maximum atomic E-state index is 12.4. The van der Waals surface area contributed by atoms with Gasteiger partial charge in [-0.25, -0.2) is 8.78 Å². The molecule has 2 rings (SSSR count). The van der Waals surface area contributed by atoms with Crippen LogP contribution in [0.3, 0.4) is 0 Å². The molecule has 1 nitrogen and oxygen atoms in total. The molecular weight excluding hydrogens is 278 g/mol. The number of ketones is 1. The summed E-state index contributed by atoms with van der Waals surface area (Å²) in [6.45, 7) is 0. The lowest BCUT2D eigenvalue weighted by molar-refractivity contribution is 0.0680. The Kier molecular flexibility index (Phi) is 3.01. The molecule has 4 heteroatoms. The van der Waals surface area contributed by atoms with E-state index in [1.807, 2.05) is 0 Å². The van der Waals surface area contributed by atoms with Gasteiger partial charge in [0.05, 0.1) is 0 Å². The summed E-state index contributed by atoms with van der Waals surface area (Å²) in [5.41, 5.74) is 0.0637. The molecule has 0 fully saturated rings. The molecule has 0 bridgehead atoms. The molecule has 0 unspecified atom stereocenters. The average molecular weight is 285 g/mol. The molecule has 16 heavy (non-hydrogen) atoms. The predicted molar refractivity (Wildman–Crippen MR) is 62.0 cm³/mol. The number of hydrogen-bond donors (Lipinski definition) is 0. The Balaban J connectivity index is 2.72. The van der Waals surface area contributed by atoms with Gasteiger partial charge in [-0.15, -0.1) is 0 Å². The third-order valence-corrected chi connectivity index (χ3v) is 3.02. The molecule has 0 aliphatic heterocycles. The first-order valence-electron chi connectivity index (χ1n) is 4.61. The molecule has 0 atom stereocenters. The van der Waals surface area contributed by atoms with Crippen molar-refractivity contribution < 1.29 is 13.6 Å². The van der Waals surface area contributed by atoms with Gasteiger partial charge >= 0.3 is 6.43 Å². The predicted octanol–water partition coefficient (Wildman–Crippen LogP) is 4.05. The van der Waals surface area contributed by atoms with Crippen LogP contribution in [0.25, 0.3) is 10.8 Å². The second kappa shape index (κ2) is 4.29. The molecule has 0 aromatic heterocycles. The Morgan fingerprint density at radius 3 is 2.38 bits per heavy atom. The van der Waals surface area contributed by atoms with E-state index in [2.05, 4.69) is 15.9 Å². The number of fused-ring (bicyclic) bond motifs is 1. The lowest BCUT2D eigenvalue weighted by Crippen LogP contribution is -2.10. The van der Waals surface area contributed by atoms with E-state index in [4.69, 9.17) is 0 Å².